The van der Waals surface area contributed by atoms with Crippen molar-refractivity contribution in [2.75, 3.05) is 5.32 Å². The smallest absolute Gasteiger partial charge is 0.459 e. The molecular formula is C22H12ClF10N3O3. The first-order valence-electron chi connectivity index (χ1n) is 10.2. The van der Waals surface area contributed by atoms with Gasteiger partial charge in [-0.25, -0.2) is 4.79 Å². The molecule has 0 radical (unpaired) electrons. The number of alkyl halides is 10. The maximum atomic E-state index is 14.0. The van der Waals surface area contributed by atoms with Crippen molar-refractivity contribution in [1.82, 2.24) is 9.78 Å². The standard InChI is InChI=1S/C22H12ClF10N3O3/c23-13-3-1-2-12(16(13)18(38)39)17(37)34-11-6-4-10(5-7-11)9-36-15(20(26,27)22(31,32)33)8-14(35-36)19(24,25)21(28,29)30/h1-8H,9H2,(H,34,37)(H,38,39). The molecule has 0 bridgehead atoms. The van der Waals surface area contributed by atoms with E-state index in [1.54, 1.807) is 0 Å². The Balaban J connectivity index is 1.93. The first-order chi connectivity index (χ1) is 17.8. The second kappa shape index (κ2) is 10.1. The molecule has 0 atom stereocenters. The van der Waals surface area contributed by atoms with Crippen molar-refractivity contribution >= 4 is 29.2 Å². The fraction of sp³-hybridized carbons (Fsp3) is 0.227. The van der Waals surface area contributed by atoms with E-state index >= 15 is 0 Å². The number of aromatic carboxylic acids is 1. The fourth-order valence-electron chi connectivity index (χ4n) is 3.23. The summed E-state index contributed by atoms with van der Waals surface area (Å²) in [6.45, 7) is -1.10. The number of benzene rings is 2. The molecule has 0 spiro atoms. The highest BCUT2D eigenvalue weighted by atomic mass is 35.5. The van der Waals surface area contributed by atoms with Crippen LogP contribution in [-0.4, -0.2) is 39.1 Å². The molecule has 0 saturated heterocycles. The van der Waals surface area contributed by atoms with Crippen LogP contribution >= 0.6 is 11.6 Å². The number of aromatic nitrogens is 2. The molecule has 2 N–H and O–H groups in total. The number of carbonyl (C=O) groups excluding carboxylic acids is 1. The second-order valence-corrected chi connectivity index (χ2v) is 8.24. The molecule has 0 fully saturated rings. The van der Waals surface area contributed by atoms with Gasteiger partial charge in [0.1, 0.15) is 11.4 Å². The lowest BCUT2D eigenvalue weighted by molar-refractivity contribution is -0.292. The molecule has 1 heterocycles. The second-order valence-electron chi connectivity index (χ2n) is 7.84. The fourth-order valence-corrected chi connectivity index (χ4v) is 3.48. The number of carboxylic acid groups (broad SMARTS) is 1. The van der Waals surface area contributed by atoms with E-state index in [4.69, 9.17) is 11.6 Å². The Morgan fingerprint density at radius 3 is 1.95 bits per heavy atom. The van der Waals surface area contributed by atoms with Crippen molar-refractivity contribution in [2.24, 2.45) is 0 Å². The van der Waals surface area contributed by atoms with Gasteiger partial charge in [0.15, 0.2) is 0 Å². The van der Waals surface area contributed by atoms with Gasteiger partial charge in [0, 0.05) is 5.69 Å². The minimum Gasteiger partial charge on any atom is -0.478 e. The molecule has 210 valence electrons. The number of carbonyl (C=O) groups is 2. The Hall–Kier alpha value is -3.82. The van der Waals surface area contributed by atoms with E-state index in [0.717, 1.165) is 30.3 Å². The SMILES string of the molecule is O=C(Nc1ccc(Cn2nc(C(F)(F)C(F)(F)F)cc2C(F)(F)C(F)(F)F)cc1)c1cccc(Cl)c1C(=O)O. The highest BCUT2D eigenvalue weighted by Crippen LogP contribution is 2.48. The number of hydrogen-bond acceptors (Lipinski definition) is 3. The molecule has 39 heavy (non-hydrogen) atoms. The minimum absolute atomic E-state index is 0.0364. The number of nitrogens with one attached hydrogen (secondary N) is 1. The Kier molecular flexibility index (Phi) is 7.66. The van der Waals surface area contributed by atoms with E-state index in [1.165, 1.54) is 12.1 Å². The lowest BCUT2D eigenvalue weighted by Crippen LogP contribution is -2.36. The lowest BCUT2D eigenvalue weighted by atomic mass is 10.1. The highest BCUT2D eigenvalue weighted by Gasteiger charge is 2.64. The zero-order valence-corrected chi connectivity index (χ0v) is 19.4. The third kappa shape index (κ3) is 5.79. The highest BCUT2D eigenvalue weighted by molar-refractivity contribution is 6.34. The molecule has 0 saturated carbocycles. The number of hydrogen-bond donors (Lipinski definition) is 2. The number of amides is 1. The molecule has 2 aromatic carbocycles. The van der Waals surface area contributed by atoms with Gasteiger partial charge in [-0.15, -0.1) is 0 Å². The summed E-state index contributed by atoms with van der Waals surface area (Å²) in [5, 5.41) is 14.0. The summed E-state index contributed by atoms with van der Waals surface area (Å²) in [6.07, 6.45) is -12.7. The van der Waals surface area contributed by atoms with E-state index in [0.29, 0.717) is 0 Å². The zero-order chi connectivity index (χ0) is 29.6. The van der Waals surface area contributed by atoms with Gasteiger partial charge in [0.2, 0.25) is 0 Å². The molecule has 0 aliphatic rings. The van der Waals surface area contributed by atoms with Gasteiger partial charge in [-0.1, -0.05) is 29.8 Å². The lowest BCUT2D eigenvalue weighted by Gasteiger charge is -2.20. The number of halogens is 11. The van der Waals surface area contributed by atoms with Gasteiger partial charge in [0.25, 0.3) is 5.91 Å². The summed E-state index contributed by atoms with van der Waals surface area (Å²) in [7, 11) is 0. The van der Waals surface area contributed by atoms with Crippen LogP contribution in [0.1, 0.15) is 37.7 Å². The molecular weight excluding hydrogens is 580 g/mol. The van der Waals surface area contributed by atoms with Crippen molar-refractivity contribution in [3.8, 4) is 0 Å². The summed E-state index contributed by atoms with van der Waals surface area (Å²) in [4.78, 5) is 23.9. The first-order valence-corrected chi connectivity index (χ1v) is 10.5. The molecule has 3 rings (SSSR count). The van der Waals surface area contributed by atoms with Gasteiger partial charge in [-0.2, -0.15) is 49.0 Å². The number of rotatable bonds is 7. The maximum Gasteiger partial charge on any atom is 0.459 e. The quantitative estimate of drug-likeness (QED) is 0.295. The number of carboxylic acids is 1. The van der Waals surface area contributed by atoms with E-state index in [1.807, 2.05) is 0 Å². The van der Waals surface area contributed by atoms with Crippen molar-refractivity contribution in [2.45, 2.75) is 30.7 Å². The predicted molar refractivity (Wildman–Crippen MR) is 114 cm³/mol. The summed E-state index contributed by atoms with van der Waals surface area (Å²) >= 11 is 5.79. The predicted octanol–water partition coefficient (Wildman–Crippen LogP) is 6.84. The van der Waals surface area contributed by atoms with Crippen LogP contribution in [0.5, 0.6) is 0 Å². The maximum absolute atomic E-state index is 14.0. The van der Waals surface area contributed by atoms with Crippen LogP contribution in [0, 0.1) is 0 Å². The number of anilines is 1. The van der Waals surface area contributed by atoms with Crippen molar-refractivity contribution in [3.63, 3.8) is 0 Å². The summed E-state index contributed by atoms with van der Waals surface area (Å²) in [5.74, 6) is -14.1. The molecule has 17 heteroatoms. The molecule has 0 aliphatic heterocycles. The number of nitrogens with zero attached hydrogens (tertiary/aromatic N) is 2. The van der Waals surface area contributed by atoms with Gasteiger partial charge in [-0.05, 0) is 35.9 Å². The minimum atomic E-state index is -6.35. The van der Waals surface area contributed by atoms with Crippen molar-refractivity contribution in [3.05, 3.63) is 81.6 Å². The molecule has 3 aromatic rings. The Morgan fingerprint density at radius 2 is 1.44 bits per heavy atom. The average Bonchev–Trinajstić information content (AvgIpc) is 3.23. The van der Waals surface area contributed by atoms with Gasteiger partial charge in [0.05, 0.1) is 22.7 Å². The Morgan fingerprint density at radius 1 is 0.872 bits per heavy atom. The van der Waals surface area contributed by atoms with Crippen molar-refractivity contribution < 1.29 is 58.6 Å². The summed E-state index contributed by atoms with van der Waals surface area (Å²) in [5.41, 5.74) is -5.71. The topological polar surface area (TPSA) is 84.2 Å². The van der Waals surface area contributed by atoms with Crippen LogP contribution < -0.4 is 5.32 Å². The Labute approximate surface area is 215 Å². The van der Waals surface area contributed by atoms with E-state index < -0.39 is 65.6 Å². The van der Waals surface area contributed by atoms with E-state index in [2.05, 4.69) is 10.4 Å². The molecule has 0 aliphatic carbocycles. The molecule has 6 nitrogen and oxygen atoms in total. The average molecular weight is 592 g/mol. The third-order valence-corrected chi connectivity index (χ3v) is 5.47. The van der Waals surface area contributed by atoms with Crippen LogP contribution in [0.2, 0.25) is 5.02 Å². The van der Waals surface area contributed by atoms with Crippen LogP contribution in [-0.2, 0) is 18.4 Å². The van der Waals surface area contributed by atoms with Crippen LogP contribution in [0.3, 0.4) is 0 Å². The molecule has 0 unspecified atom stereocenters. The summed E-state index contributed by atoms with van der Waals surface area (Å²) in [6, 6.07) is 7.19. The Bertz CT molecular complexity index is 1400. The van der Waals surface area contributed by atoms with Crippen LogP contribution in [0.4, 0.5) is 49.6 Å². The van der Waals surface area contributed by atoms with E-state index in [9.17, 15) is 58.6 Å². The zero-order valence-electron chi connectivity index (χ0n) is 18.6. The van der Waals surface area contributed by atoms with Gasteiger partial charge >= 0.3 is 30.2 Å². The summed E-state index contributed by atoms with van der Waals surface area (Å²) < 4.78 is 132. The van der Waals surface area contributed by atoms with Crippen molar-refractivity contribution in [1.29, 1.82) is 0 Å². The molecule has 1 aromatic heterocycles. The normalized spacial score (nSPS) is 12.9. The molecule has 1 amide bonds. The van der Waals surface area contributed by atoms with Gasteiger partial charge < -0.3 is 10.4 Å². The third-order valence-electron chi connectivity index (χ3n) is 5.15. The monoisotopic (exact) mass is 591 g/mol. The van der Waals surface area contributed by atoms with E-state index in [-0.39, 0.29) is 26.5 Å². The first kappa shape index (κ1) is 29.7. The van der Waals surface area contributed by atoms with Gasteiger partial charge in [-0.3, -0.25) is 9.48 Å². The largest absolute Gasteiger partial charge is 0.478 e. The van der Waals surface area contributed by atoms with Crippen LogP contribution in [0.15, 0.2) is 48.5 Å². The van der Waals surface area contributed by atoms with Crippen LogP contribution in [0.25, 0.3) is 0 Å².